The van der Waals surface area contributed by atoms with E-state index >= 15 is 0 Å². The van der Waals surface area contributed by atoms with E-state index in [0.29, 0.717) is 18.8 Å². The zero-order valence-electron chi connectivity index (χ0n) is 16.3. The summed E-state index contributed by atoms with van der Waals surface area (Å²) in [5.41, 5.74) is 0.743. The van der Waals surface area contributed by atoms with E-state index < -0.39 is 39.5 Å². The molecule has 1 amide bonds. The van der Waals surface area contributed by atoms with Crippen LogP contribution in [0.5, 0.6) is 0 Å². The lowest BCUT2D eigenvalue weighted by Crippen LogP contribution is -2.39. The minimum Gasteiger partial charge on any atom is -0.383 e. The Morgan fingerprint density at radius 1 is 1.14 bits per heavy atom. The normalized spacial score (nSPS) is 19.1. The van der Waals surface area contributed by atoms with E-state index in [1.165, 1.54) is 0 Å². The molecule has 29 heavy (non-hydrogen) atoms. The van der Waals surface area contributed by atoms with Gasteiger partial charge in [-0.1, -0.05) is 11.6 Å². The van der Waals surface area contributed by atoms with Gasteiger partial charge in [-0.3, -0.25) is 9.78 Å². The van der Waals surface area contributed by atoms with Gasteiger partial charge in [0.05, 0.1) is 22.0 Å². The lowest BCUT2D eigenvalue weighted by Gasteiger charge is -2.29. The predicted molar refractivity (Wildman–Crippen MR) is 107 cm³/mol. The molecular weight excluding hydrogens is 403 g/mol. The molecule has 0 bridgehead atoms. The van der Waals surface area contributed by atoms with Gasteiger partial charge in [0.1, 0.15) is 5.82 Å². The number of hydrogen-bond donors (Lipinski definition) is 2. The number of carbonyl (C=O) groups is 1. The minimum absolute atomic E-state index is 0.164. The van der Waals surface area contributed by atoms with Crippen LogP contribution in [0.25, 0.3) is 0 Å². The van der Waals surface area contributed by atoms with Gasteiger partial charge >= 0.3 is 0 Å². The van der Waals surface area contributed by atoms with Crippen molar-refractivity contribution in [3.63, 3.8) is 0 Å². The van der Waals surface area contributed by atoms with Crippen molar-refractivity contribution in [3.8, 4) is 0 Å². The molecule has 156 valence electrons. The van der Waals surface area contributed by atoms with Crippen LogP contribution < -0.4 is 10.6 Å². The fourth-order valence-corrected chi connectivity index (χ4v) is 3.90. The van der Waals surface area contributed by atoms with Crippen molar-refractivity contribution in [2.75, 3.05) is 11.9 Å². The van der Waals surface area contributed by atoms with Gasteiger partial charge in [0.25, 0.3) is 5.91 Å². The molecule has 0 unspecified atom stereocenters. The van der Waals surface area contributed by atoms with Crippen LogP contribution in [0.2, 0.25) is 5.02 Å². The summed E-state index contributed by atoms with van der Waals surface area (Å²) in [7, 11) is 0. The van der Waals surface area contributed by atoms with E-state index in [4.69, 9.17) is 11.6 Å². The highest BCUT2D eigenvalue weighted by Gasteiger charge is 2.29. The topological polar surface area (TPSA) is 54.0 Å². The molecule has 2 N–H and O–H groups in total. The Hall–Kier alpha value is -2.28. The standard InChI is InChI=1S/C21H23ClF3N3O/c1-11-18(23)16(17(22)20(25)19(11)24)21(29)28-14-7-5-13(6-8-14)10-27-15-4-3-9-26-12(15)2/h3-4,9,13-14,27H,5-8,10H2,1-2H3,(H,28,29). The maximum Gasteiger partial charge on any atom is 0.256 e. The second-order valence-corrected chi connectivity index (χ2v) is 7.84. The number of rotatable bonds is 5. The SMILES string of the molecule is Cc1ncccc1NCC1CCC(NC(=O)c2c(F)c(C)c(F)c(F)c2Cl)CC1. The van der Waals surface area contributed by atoms with E-state index in [0.717, 1.165) is 37.7 Å². The molecule has 1 aliphatic rings. The highest BCUT2D eigenvalue weighted by Crippen LogP contribution is 2.30. The third-order valence-corrected chi connectivity index (χ3v) is 5.83. The molecule has 4 nitrogen and oxygen atoms in total. The van der Waals surface area contributed by atoms with Crippen LogP contribution in [0, 0.1) is 37.2 Å². The molecule has 0 radical (unpaired) electrons. The van der Waals surface area contributed by atoms with Gasteiger partial charge < -0.3 is 10.6 Å². The predicted octanol–water partition coefficient (Wildman–Crippen LogP) is 5.17. The van der Waals surface area contributed by atoms with Gasteiger partial charge in [0.15, 0.2) is 11.6 Å². The summed E-state index contributed by atoms with van der Waals surface area (Å²) in [6.45, 7) is 3.82. The van der Waals surface area contributed by atoms with Crippen molar-refractivity contribution in [1.29, 1.82) is 0 Å². The quantitative estimate of drug-likeness (QED) is 0.513. The summed E-state index contributed by atoms with van der Waals surface area (Å²) in [4.78, 5) is 16.7. The number of halogens is 4. The Morgan fingerprint density at radius 3 is 2.48 bits per heavy atom. The van der Waals surface area contributed by atoms with Crippen molar-refractivity contribution < 1.29 is 18.0 Å². The highest BCUT2D eigenvalue weighted by atomic mass is 35.5. The number of anilines is 1. The van der Waals surface area contributed by atoms with Crippen molar-refractivity contribution >= 4 is 23.2 Å². The van der Waals surface area contributed by atoms with Gasteiger partial charge in [-0.05, 0) is 57.6 Å². The van der Waals surface area contributed by atoms with Crippen LogP contribution in [0.1, 0.15) is 47.3 Å². The lowest BCUT2D eigenvalue weighted by molar-refractivity contribution is 0.0918. The zero-order valence-corrected chi connectivity index (χ0v) is 17.0. The van der Waals surface area contributed by atoms with Gasteiger partial charge in [-0.15, -0.1) is 0 Å². The van der Waals surface area contributed by atoms with E-state index in [1.54, 1.807) is 6.20 Å². The molecule has 2 aromatic rings. The van der Waals surface area contributed by atoms with E-state index in [-0.39, 0.29) is 6.04 Å². The maximum atomic E-state index is 14.3. The molecule has 1 heterocycles. The average molecular weight is 426 g/mol. The zero-order chi connectivity index (χ0) is 21.1. The molecule has 0 spiro atoms. The molecule has 0 atom stereocenters. The van der Waals surface area contributed by atoms with Crippen molar-refractivity contribution in [1.82, 2.24) is 10.3 Å². The number of hydrogen-bond acceptors (Lipinski definition) is 3. The Balaban J connectivity index is 1.56. The fourth-order valence-electron chi connectivity index (χ4n) is 3.64. The van der Waals surface area contributed by atoms with Crippen LogP contribution in [0.4, 0.5) is 18.9 Å². The first-order chi connectivity index (χ1) is 13.8. The number of nitrogens with zero attached hydrogens (tertiary/aromatic N) is 1. The van der Waals surface area contributed by atoms with E-state index in [2.05, 4.69) is 15.6 Å². The lowest BCUT2D eigenvalue weighted by atomic mass is 9.85. The molecule has 0 saturated heterocycles. The number of nitrogens with one attached hydrogen (secondary N) is 2. The third-order valence-electron chi connectivity index (χ3n) is 5.48. The van der Waals surface area contributed by atoms with Crippen molar-refractivity contribution in [2.24, 2.45) is 5.92 Å². The fraction of sp³-hybridized carbons (Fsp3) is 0.429. The Labute approximate surface area is 172 Å². The summed E-state index contributed by atoms with van der Waals surface area (Å²) in [5, 5.41) is 5.29. The molecule has 3 rings (SSSR count). The summed E-state index contributed by atoms with van der Waals surface area (Å²) in [6, 6.07) is 3.70. The molecule has 1 saturated carbocycles. The first-order valence-electron chi connectivity index (χ1n) is 9.58. The first kappa shape index (κ1) is 21.4. The highest BCUT2D eigenvalue weighted by molar-refractivity contribution is 6.34. The third kappa shape index (κ3) is 4.66. The Bertz CT molecular complexity index is 885. The molecule has 8 heteroatoms. The van der Waals surface area contributed by atoms with Crippen molar-refractivity contribution in [2.45, 2.75) is 45.6 Å². The number of carbonyl (C=O) groups excluding carboxylic acids is 1. The average Bonchev–Trinajstić information content (AvgIpc) is 2.71. The summed E-state index contributed by atoms with van der Waals surface area (Å²) in [6.07, 6.45) is 4.94. The van der Waals surface area contributed by atoms with E-state index in [1.807, 2.05) is 19.1 Å². The Kier molecular flexibility index (Phi) is 6.67. The van der Waals surface area contributed by atoms with Crippen LogP contribution >= 0.6 is 11.6 Å². The smallest absolute Gasteiger partial charge is 0.256 e. The maximum absolute atomic E-state index is 14.3. The Morgan fingerprint density at radius 2 is 1.83 bits per heavy atom. The van der Waals surface area contributed by atoms with Crippen LogP contribution in [0.3, 0.4) is 0 Å². The number of aryl methyl sites for hydroxylation is 1. The number of amides is 1. The molecule has 1 aromatic heterocycles. The molecule has 1 fully saturated rings. The molecular formula is C21H23ClF3N3O. The summed E-state index contributed by atoms with van der Waals surface area (Å²) < 4.78 is 41.7. The molecule has 1 aliphatic carbocycles. The first-order valence-corrected chi connectivity index (χ1v) is 9.96. The largest absolute Gasteiger partial charge is 0.383 e. The van der Waals surface area contributed by atoms with Crippen LogP contribution in [-0.2, 0) is 0 Å². The summed E-state index contributed by atoms with van der Waals surface area (Å²) in [5.74, 6) is -4.29. The van der Waals surface area contributed by atoms with Crippen LogP contribution in [0.15, 0.2) is 18.3 Å². The second-order valence-electron chi connectivity index (χ2n) is 7.46. The minimum atomic E-state index is -1.41. The van der Waals surface area contributed by atoms with Gasteiger partial charge in [-0.2, -0.15) is 0 Å². The summed E-state index contributed by atoms with van der Waals surface area (Å²) >= 11 is 5.69. The van der Waals surface area contributed by atoms with Crippen molar-refractivity contribution in [3.05, 3.63) is 57.6 Å². The van der Waals surface area contributed by atoms with Gasteiger partial charge in [-0.25, -0.2) is 13.2 Å². The van der Waals surface area contributed by atoms with Crippen LogP contribution in [-0.4, -0.2) is 23.5 Å². The molecule has 1 aromatic carbocycles. The van der Waals surface area contributed by atoms with E-state index in [9.17, 15) is 18.0 Å². The number of benzene rings is 1. The van der Waals surface area contributed by atoms with Gasteiger partial charge in [0, 0.05) is 24.3 Å². The molecule has 0 aliphatic heterocycles. The van der Waals surface area contributed by atoms with Gasteiger partial charge in [0.2, 0.25) is 0 Å². The number of aromatic nitrogens is 1. The monoisotopic (exact) mass is 425 g/mol. The second kappa shape index (κ2) is 9.03. The number of pyridine rings is 1.